The van der Waals surface area contributed by atoms with Crippen LogP contribution in [0.15, 0.2) is 36.5 Å². The average Bonchev–Trinajstić information content (AvgIpc) is 3.18. The van der Waals surface area contributed by atoms with Gasteiger partial charge < -0.3 is 16.4 Å². The van der Waals surface area contributed by atoms with Gasteiger partial charge in [-0.2, -0.15) is 18.3 Å². The van der Waals surface area contributed by atoms with Crippen LogP contribution >= 0.6 is 12.4 Å². The Balaban J connectivity index is 0.00000341. The lowest BCUT2D eigenvalue weighted by Crippen LogP contribution is -2.40. The molecule has 1 fully saturated rings. The highest BCUT2D eigenvalue weighted by atomic mass is 35.5. The number of amides is 2. The van der Waals surface area contributed by atoms with Crippen LogP contribution in [0.25, 0.3) is 5.69 Å². The van der Waals surface area contributed by atoms with Crippen molar-refractivity contribution in [2.24, 2.45) is 11.7 Å². The van der Waals surface area contributed by atoms with E-state index in [0.29, 0.717) is 18.5 Å². The first kappa shape index (κ1) is 24.7. The third-order valence-electron chi connectivity index (χ3n) is 5.10. The molecule has 0 atom stereocenters. The molecule has 2 aromatic rings. The molecule has 3 rings (SSSR count). The topological polar surface area (TPSA) is 102 Å². The van der Waals surface area contributed by atoms with Crippen molar-refractivity contribution in [2.75, 3.05) is 13.1 Å². The maximum atomic E-state index is 13.3. The Bertz CT molecular complexity index is 881. The summed E-state index contributed by atoms with van der Waals surface area (Å²) >= 11 is 0. The predicted octanol–water partition coefficient (Wildman–Crippen LogP) is 2.68. The van der Waals surface area contributed by atoms with Gasteiger partial charge in [0.05, 0.1) is 11.3 Å². The Morgan fingerprint density at radius 2 is 1.68 bits per heavy atom. The Labute approximate surface area is 184 Å². The molecule has 0 bridgehead atoms. The minimum absolute atomic E-state index is 0. The van der Waals surface area contributed by atoms with Crippen LogP contribution in [0.1, 0.15) is 41.7 Å². The van der Waals surface area contributed by atoms with Crippen molar-refractivity contribution >= 4 is 24.2 Å². The summed E-state index contributed by atoms with van der Waals surface area (Å²) in [5.74, 6) is -1.13. The van der Waals surface area contributed by atoms with Crippen LogP contribution in [-0.4, -0.2) is 40.7 Å². The molecule has 1 aliphatic rings. The second-order valence-corrected chi connectivity index (χ2v) is 7.33. The molecular weight excluding hydrogens is 435 g/mol. The first-order valence-corrected chi connectivity index (χ1v) is 9.79. The summed E-state index contributed by atoms with van der Waals surface area (Å²) in [7, 11) is 0. The minimum Gasteiger partial charge on any atom is -0.354 e. The maximum Gasteiger partial charge on any atom is 0.435 e. The lowest BCUT2D eigenvalue weighted by Gasteiger charge is -2.25. The number of carbonyl (C=O) groups is 2. The number of hydrogen-bond acceptors (Lipinski definition) is 4. The number of halogens is 4. The van der Waals surface area contributed by atoms with Crippen molar-refractivity contribution in [1.29, 1.82) is 0 Å². The number of aromatic nitrogens is 2. The SMILES string of the molecule is Cl.NC1CCC(C(=O)NCCNC(=O)c2cn(-c3ccccc3)nc2C(F)(F)F)CC1. The minimum atomic E-state index is -4.78. The Kier molecular flexibility index (Phi) is 8.46. The zero-order chi connectivity index (χ0) is 21.7. The first-order chi connectivity index (χ1) is 14.3. The molecule has 11 heteroatoms. The third-order valence-corrected chi connectivity index (χ3v) is 5.10. The summed E-state index contributed by atoms with van der Waals surface area (Å²) in [4.78, 5) is 24.5. The highest BCUT2D eigenvalue weighted by molar-refractivity contribution is 5.95. The number of nitrogens with two attached hydrogens (primary N) is 1. The molecule has 1 aromatic heterocycles. The number of nitrogens with one attached hydrogen (secondary N) is 2. The van der Waals surface area contributed by atoms with Gasteiger partial charge in [-0.05, 0) is 37.8 Å². The molecule has 1 heterocycles. The van der Waals surface area contributed by atoms with Gasteiger partial charge >= 0.3 is 6.18 Å². The standard InChI is InChI=1S/C20H24F3N5O2.ClH/c21-20(22,23)17-16(12-28(27-17)15-4-2-1-3-5-15)19(30)26-11-10-25-18(29)13-6-8-14(24)9-7-13;/h1-5,12-14H,6-11,24H2,(H,25,29)(H,26,30);1H. The number of hydrogen-bond donors (Lipinski definition) is 3. The Morgan fingerprint density at radius 3 is 2.29 bits per heavy atom. The largest absolute Gasteiger partial charge is 0.435 e. The van der Waals surface area contributed by atoms with E-state index in [-0.39, 0.29) is 43.4 Å². The monoisotopic (exact) mass is 459 g/mol. The van der Waals surface area contributed by atoms with Crippen molar-refractivity contribution in [3.05, 3.63) is 47.8 Å². The van der Waals surface area contributed by atoms with Gasteiger partial charge in [0.1, 0.15) is 0 Å². The van der Waals surface area contributed by atoms with Gasteiger partial charge in [0.15, 0.2) is 5.69 Å². The lowest BCUT2D eigenvalue weighted by molar-refractivity contribution is -0.141. The summed E-state index contributed by atoms with van der Waals surface area (Å²) in [6, 6.07) is 8.35. The van der Waals surface area contributed by atoms with Crippen LogP contribution in [0.3, 0.4) is 0 Å². The first-order valence-electron chi connectivity index (χ1n) is 9.79. The Hall–Kier alpha value is -2.59. The third kappa shape index (κ3) is 6.44. The summed E-state index contributed by atoms with van der Waals surface area (Å²) in [6.07, 6.45) is -0.707. The predicted molar refractivity (Wildman–Crippen MR) is 111 cm³/mol. The molecule has 1 aliphatic carbocycles. The highest BCUT2D eigenvalue weighted by Crippen LogP contribution is 2.31. The van der Waals surface area contributed by atoms with Gasteiger partial charge in [-0.25, -0.2) is 4.68 Å². The van der Waals surface area contributed by atoms with E-state index >= 15 is 0 Å². The molecule has 170 valence electrons. The van der Waals surface area contributed by atoms with E-state index in [1.807, 2.05) is 0 Å². The molecular formula is C20H25ClF3N5O2. The normalized spacial score (nSPS) is 18.7. The lowest BCUT2D eigenvalue weighted by atomic mass is 9.86. The average molecular weight is 460 g/mol. The van der Waals surface area contributed by atoms with Crippen molar-refractivity contribution < 1.29 is 22.8 Å². The zero-order valence-electron chi connectivity index (χ0n) is 16.7. The van der Waals surface area contributed by atoms with Crippen LogP contribution in [0, 0.1) is 5.92 Å². The van der Waals surface area contributed by atoms with Gasteiger partial charge in [-0.15, -0.1) is 12.4 Å². The summed E-state index contributed by atoms with van der Waals surface area (Å²) in [5.41, 5.74) is 4.40. The fraction of sp³-hybridized carbons (Fsp3) is 0.450. The number of nitrogens with zero attached hydrogens (tertiary/aromatic N) is 2. The number of para-hydroxylation sites is 1. The summed E-state index contributed by atoms with van der Waals surface area (Å²) in [6.45, 7) is 0.131. The number of carbonyl (C=O) groups excluding carboxylic acids is 2. The fourth-order valence-electron chi connectivity index (χ4n) is 3.45. The van der Waals surface area contributed by atoms with E-state index in [0.717, 1.165) is 23.7 Å². The van der Waals surface area contributed by atoms with Crippen LogP contribution in [0.2, 0.25) is 0 Å². The van der Waals surface area contributed by atoms with E-state index in [1.54, 1.807) is 30.3 Å². The molecule has 0 radical (unpaired) electrons. The van der Waals surface area contributed by atoms with E-state index in [1.165, 1.54) is 0 Å². The van der Waals surface area contributed by atoms with Crippen LogP contribution in [-0.2, 0) is 11.0 Å². The van der Waals surface area contributed by atoms with Gasteiger partial charge in [0.25, 0.3) is 5.91 Å². The second-order valence-electron chi connectivity index (χ2n) is 7.33. The van der Waals surface area contributed by atoms with Gasteiger partial charge in [0, 0.05) is 31.2 Å². The molecule has 31 heavy (non-hydrogen) atoms. The molecule has 0 saturated heterocycles. The fourth-order valence-corrected chi connectivity index (χ4v) is 3.45. The smallest absolute Gasteiger partial charge is 0.354 e. The molecule has 0 spiro atoms. The van der Waals surface area contributed by atoms with Crippen LogP contribution < -0.4 is 16.4 Å². The van der Waals surface area contributed by atoms with Crippen LogP contribution in [0.5, 0.6) is 0 Å². The number of benzene rings is 1. The van der Waals surface area contributed by atoms with Gasteiger partial charge in [0.2, 0.25) is 5.91 Å². The number of rotatable bonds is 6. The van der Waals surface area contributed by atoms with E-state index < -0.39 is 23.3 Å². The second kappa shape index (κ2) is 10.6. The van der Waals surface area contributed by atoms with Crippen molar-refractivity contribution in [3.63, 3.8) is 0 Å². The summed E-state index contributed by atoms with van der Waals surface area (Å²) < 4.78 is 41.1. The summed E-state index contributed by atoms with van der Waals surface area (Å²) in [5, 5.41) is 8.67. The van der Waals surface area contributed by atoms with E-state index in [9.17, 15) is 22.8 Å². The molecule has 4 N–H and O–H groups in total. The molecule has 0 unspecified atom stereocenters. The van der Waals surface area contributed by atoms with Crippen molar-refractivity contribution in [3.8, 4) is 5.69 Å². The molecule has 1 aromatic carbocycles. The molecule has 2 amide bonds. The molecule has 0 aliphatic heterocycles. The van der Waals surface area contributed by atoms with Crippen LogP contribution in [0.4, 0.5) is 13.2 Å². The van der Waals surface area contributed by atoms with E-state index in [4.69, 9.17) is 5.73 Å². The highest BCUT2D eigenvalue weighted by Gasteiger charge is 2.39. The maximum absolute atomic E-state index is 13.3. The van der Waals surface area contributed by atoms with Gasteiger partial charge in [-0.1, -0.05) is 18.2 Å². The Morgan fingerprint density at radius 1 is 1.06 bits per heavy atom. The quantitative estimate of drug-likeness (QED) is 0.578. The van der Waals surface area contributed by atoms with Crippen molar-refractivity contribution in [2.45, 2.75) is 37.9 Å². The van der Waals surface area contributed by atoms with E-state index in [2.05, 4.69) is 15.7 Å². The van der Waals surface area contributed by atoms with Gasteiger partial charge in [-0.3, -0.25) is 9.59 Å². The van der Waals surface area contributed by atoms with Crippen molar-refractivity contribution in [1.82, 2.24) is 20.4 Å². The zero-order valence-corrected chi connectivity index (χ0v) is 17.5. The number of alkyl halides is 3. The molecule has 7 nitrogen and oxygen atoms in total. The molecule has 1 saturated carbocycles.